The van der Waals surface area contributed by atoms with Gasteiger partial charge in [0.05, 0.1) is 12.9 Å². The molecule has 5 nitrogen and oxygen atoms in total. The lowest BCUT2D eigenvalue weighted by atomic mass is 10.0. The van der Waals surface area contributed by atoms with E-state index in [1.165, 1.54) is 25.8 Å². The lowest BCUT2D eigenvalue weighted by Crippen LogP contribution is -2.47. The normalized spacial score (nSPS) is 20.8. The zero-order valence-electron chi connectivity index (χ0n) is 11.9. The summed E-state index contributed by atoms with van der Waals surface area (Å²) in [5.41, 5.74) is 0. The molecule has 1 aliphatic heterocycles. The third kappa shape index (κ3) is 4.93. The van der Waals surface area contributed by atoms with Crippen LogP contribution in [0.15, 0.2) is 18.7 Å². The minimum absolute atomic E-state index is 0.675. The average Bonchev–Trinajstić information content (AvgIpc) is 2.96. The summed E-state index contributed by atoms with van der Waals surface area (Å²) in [4.78, 5) is 6.71. The van der Waals surface area contributed by atoms with Crippen molar-refractivity contribution in [1.29, 1.82) is 0 Å². The van der Waals surface area contributed by atoms with Gasteiger partial charge in [0, 0.05) is 51.7 Å². The van der Waals surface area contributed by atoms with Gasteiger partial charge in [-0.2, -0.15) is 0 Å². The van der Waals surface area contributed by atoms with Crippen molar-refractivity contribution in [2.45, 2.75) is 31.8 Å². The fraction of sp³-hybridized carbons (Fsp3) is 0.786. The van der Waals surface area contributed by atoms with Gasteiger partial charge >= 0.3 is 0 Å². The number of nitrogens with one attached hydrogen (secondary N) is 1. The molecule has 0 saturated carbocycles. The number of rotatable bonds is 8. The molecule has 0 aromatic carbocycles. The summed E-state index contributed by atoms with van der Waals surface area (Å²) in [7, 11) is 1.75. The summed E-state index contributed by atoms with van der Waals surface area (Å²) in [6, 6.07) is 0.675. The molecule has 1 atom stereocenters. The van der Waals surface area contributed by atoms with Crippen molar-refractivity contribution in [2.24, 2.45) is 0 Å². The lowest BCUT2D eigenvalue weighted by Gasteiger charge is -2.36. The highest BCUT2D eigenvalue weighted by atomic mass is 16.5. The summed E-state index contributed by atoms with van der Waals surface area (Å²) in [6.45, 7) is 6.20. The van der Waals surface area contributed by atoms with Gasteiger partial charge in [-0.05, 0) is 19.4 Å². The first-order chi connectivity index (χ1) is 9.40. The Morgan fingerprint density at radius 2 is 2.32 bits per heavy atom. The largest absolute Gasteiger partial charge is 0.383 e. The summed E-state index contributed by atoms with van der Waals surface area (Å²) < 4.78 is 7.22. The van der Waals surface area contributed by atoms with Crippen molar-refractivity contribution in [2.75, 3.05) is 39.9 Å². The molecule has 0 aliphatic carbocycles. The van der Waals surface area contributed by atoms with Gasteiger partial charge in [-0.25, -0.2) is 4.98 Å². The molecule has 0 radical (unpaired) electrons. The molecule has 1 aromatic heterocycles. The van der Waals surface area contributed by atoms with Crippen LogP contribution >= 0.6 is 0 Å². The standard InChI is InChI=1S/C14H26N4O/c1-19-11-6-15-12-14-4-2-3-7-18(14)10-9-17-8-5-16-13-17/h5,8,13-15H,2-4,6-7,9-12H2,1H3. The summed E-state index contributed by atoms with van der Waals surface area (Å²) in [5, 5.41) is 3.49. The second-order valence-electron chi connectivity index (χ2n) is 5.18. The molecule has 0 amide bonds. The van der Waals surface area contributed by atoms with E-state index < -0.39 is 0 Å². The van der Waals surface area contributed by atoms with E-state index >= 15 is 0 Å². The number of methoxy groups -OCH3 is 1. The highest BCUT2D eigenvalue weighted by Gasteiger charge is 2.21. The van der Waals surface area contributed by atoms with Crippen molar-refractivity contribution in [3.8, 4) is 0 Å². The van der Waals surface area contributed by atoms with Gasteiger partial charge in [0.1, 0.15) is 0 Å². The summed E-state index contributed by atoms with van der Waals surface area (Å²) in [5.74, 6) is 0. The van der Waals surface area contributed by atoms with Crippen LogP contribution in [-0.2, 0) is 11.3 Å². The van der Waals surface area contributed by atoms with Crippen LogP contribution in [0.25, 0.3) is 0 Å². The van der Waals surface area contributed by atoms with Gasteiger partial charge in [-0.1, -0.05) is 6.42 Å². The first kappa shape index (κ1) is 14.5. The molecule has 2 rings (SSSR count). The van der Waals surface area contributed by atoms with Crippen LogP contribution in [0, 0.1) is 0 Å². The molecule has 0 spiro atoms. The molecule has 5 heteroatoms. The molecule has 19 heavy (non-hydrogen) atoms. The van der Waals surface area contributed by atoms with Gasteiger partial charge in [-0.15, -0.1) is 0 Å². The van der Waals surface area contributed by atoms with E-state index in [0.29, 0.717) is 6.04 Å². The third-order valence-electron chi connectivity index (χ3n) is 3.82. The van der Waals surface area contributed by atoms with Gasteiger partial charge in [0.25, 0.3) is 0 Å². The van der Waals surface area contributed by atoms with Crippen molar-refractivity contribution < 1.29 is 4.74 Å². The summed E-state index contributed by atoms with van der Waals surface area (Å²) >= 11 is 0. The number of nitrogens with zero attached hydrogens (tertiary/aromatic N) is 3. The zero-order valence-corrected chi connectivity index (χ0v) is 11.9. The first-order valence-corrected chi connectivity index (χ1v) is 7.29. The van der Waals surface area contributed by atoms with E-state index in [0.717, 1.165) is 32.8 Å². The van der Waals surface area contributed by atoms with E-state index in [1.807, 2.05) is 18.7 Å². The van der Waals surface area contributed by atoms with Crippen LogP contribution in [0.3, 0.4) is 0 Å². The van der Waals surface area contributed by atoms with Crippen molar-refractivity contribution in [3.05, 3.63) is 18.7 Å². The van der Waals surface area contributed by atoms with E-state index in [4.69, 9.17) is 4.74 Å². The second kappa shape index (κ2) is 8.30. The smallest absolute Gasteiger partial charge is 0.0946 e. The Hall–Kier alpha value is -0.910. The third-order valence-corrected chi connectivity index (χ3v) is 3.82. The number of likely N-dealkylation sites (tertiary alicyclic amines) is 1. The van der Waals surface area contributed by atoms with Gasteiger partial charge in [-0.3, -0.25) is 4.90 Å². The molecule has 1 saturated heterocycles. The quantitative estimate of drug-likeness (QED) is 0.712. The Kier molecular flexibility index (Phi) is 6.33. The number of hydrogen-bond acceptors (Lipinski definition) is 4. The molecule has 1 N–H and O–H groups in total. The minimum Gasteiger partial charge on any atom is -0.383 e. The van der Waals surface area contributed by atoms with E-state index in [2.05, 4.69) is 19.8 Å². The Labute approximate surface area is 116 Å². The van der Waals surface area contributed by atoms with Gasteiger partial charge in [0.2, 0.25) is 0 Å². The monoisotopic (exact) mass is 266 g/mol. The SMILES string of the molecule is COCCNCC1CCCCN1CCn1ccnc1. The number of ether oxygens (including phenoxy) is 1. The fourth-order valence-electron chi connectivity index (χ4n) is 2.69. The summed E-state index contributed by atoms with van der Waals surface area (Å²) in [6.07, 6.45) is 9.78. The van der Waals surface area contributed by atoms with Crippen LogP contribution in [0.1, 0.15) is 19.3 Å². The topological polar surface area (TPSA) is 42.3 Å². The molecular weight excluding hydrogens is 240 g/mol. The Morgan fingerprint density at radius 3 is 3.11 bits per heavy atom. The molecule has 2 heterocycles. The molecule has 0 bridgehead atoms. The number of hydrogen-bond donors (Lipinski definition) is 1. The predicted molar refractivity (Wildman–Crippen MR) is 76.2 cm³/mol. The number of imidazole rings is 1. The Bertz CT molecular complexity index is 328. The highest BCUT2D eigenvalue weighted by Crippen LogP contribution is 2.16. The van der Waals surface area contributed by atoms with E-state index in [1.54, 1.807) is 7.11 Å². The van der Waals surface area contributed by atoms with Crippen molar-refractivity contribution in [3.63, 3.8) is 0 Å². The number of aromatic nitrogens is 2. The minimum atomic E-state index is 0.675. The van der Waals surface area contributed by atoms with Gasteiger partial charge in [0.15, 0.2) is 0 Å². The lowest BCUT2D eigenvalue weighted by molar-refractivity contribution is 0.135. The number of piperidine rings is 1. The Morgan fingerprint density at radius 1 is 1.37 bits per heavy atom. The maximum atomic E-state index is 5.07. The molecule has 108 valence electrons. The van der Waals surface area contributed by atoms with Crippen LogP contribution in [0.4, 0.5) is 0 Å². The first-order valence-electron chi connectivity index (χ1n) is 7.29. The van der Waals surface area contributed by atoms with Gasteiger partial charge < -0.3 is 14.6 Å². The van der Waals surface area contributed by atoms with Crippen LogP contribution in [-0.4, -0.2) is 60.4 Å². The zero-order chi connectivity index (χ0) is 13.3. The maximum Gasteiger partial charge on any atom is 0.0946 e. The molecular formula is C14H26N4O. The highest BCUT2D eigenvalue weighted by molar-refractivity contribution is 4.80. The second-order valence-corrected chi connectivity index (χ2v) is 5.18. The Balaban J connectivity index is 1.72. The van der Waals surface area contributed by atoms with E-state index in [9.17, 15) is 0 Å². The average molecular weight is 266 g/mol. The van der Waals surface area contributed by atoms with Crippen LogP contribution in [0.2, 0.25) is 0 Å². The maximum absolute atomic E-state index is 5.07. The molecule has 1 aromatic rings. The van der Waals surface area contributed by atoms with Crippen LogP contribution < -0.4 is 5.32 Å². The predicted octanol–water partition coefficient (Wildman–Crippen LogP) is 0.974. The molecule has 1 unspecified atom stereocenters. The molecule has 1 fully saturated rings. The van der Waals surface area contributed by atoms with Crippen molar-refractivity contribution in [1.82, 2.24) is 19.8 Å². The molecule has 1 aliphatic rings. The van der Waals surface area contributed by atoms with E-state index in [-0.39, 0.29) is 0 Å². The fourth-order valence-corrected chi connectivity index (χ4v) is 2.69. The van der Waals surface area contributed by atoms with Crippen LogP contribution in [0.5, 0.6) is 0 Å². The van der Waals surface area contributed by atoms with Crippen molar-refractivity contribution >= 4 is 0 Å².